The first-order valence-corrected chi connectivity index (χ1v) is 10.9. The second-order valence-electron chi connectivity index (χ2n) is 8.30. The Bertz CT molecular complexity index is 1360. The first kappa shape index (κ1) is 21.7. The number of urea groups is 1. The molecule has 2 heterocycles. The molecule has 0 saturated heterocycles. The zero-order chi connectivity index (χ0) is 23.8. The van der Waals surface area contributed by atoms with E-state index in [1.807, 2.05) is 66.2 Å². The molecular weight excluding hydrogens is 436 g/mol. The Balaban J connectivity index is 1.66. The van der Waals surface area contributed by atoms with Gasteiger partial charge in [0.1, 0.15) is 17.4 Å². The number of hydrogen-bond donors (Lipinski definition) is 1. The number of benzene rings is 3. The largest absolute Gasteiger partial charge is 0.495 e. The molecule has 2 amide bonds. The highest BCUT2D eigenvalue weighted by Gasteiger charge is 2.33. The smallest absolute Gasteiger partial charge is 0.323 e. The molecule has 0 radical (unpaired) electrons. The molecule has 1 N–H and O–H groups in total. The second-order valence-corrected chi connectivity index (χ2v) is 8.30. The van der Waals surface area contributed by atoms with E-state index in [1.165, 1.54) is 19.2 Å². The minimum atomic E-state index is -0.733. The Morgan fingerprint density at radius 3 is 2.53 bits per heavy atom. The number of para-hydroxylation sites is 1. The molecule has 4 aromatic rings. The maximum Gasteiger partial charge on any atom is 0.323 e. The molecule has 1 aromatic heterocycles. The van der Waals surface area contributed by atoms with Gasteiger partial charge in [-0.25, -0.2) is 13.6 Å². The molecule has 34 heavy (non-hydrogen) atoms. The van der Waals surface area contributed by atoms with Gasteiger partial charge in [-0.05, 0) is 66.1 Å². The predicted molar refractivity (Wildman–Crippen MR) is 126 cm³/mol. The van der Waals surface area contributed by atoms with Gasteiger partial charge in [-0.3, -0.25) is 0 Å². The number of aromatic nitrogens is 1. The summed E-state index contributed by atoms with van der Waals surface area (Å²) in [5, 5.41) is 2.95. The fourth-order valence-electron chi connectivity index (χ4n) is 4.53. The van der Waals surface area contributed by atoms with E-state index in [0.29, 0.717) is 17.0 Å². The van der Waals surface area contributed by atoms with Crippen molar-refractivity contribution >= 4 is 11.7 Å². The molecule has 7 heteroatoms. The van der Waals surface area contributed by atoms with E-state index in [9.17, 15) is 13.6 Å². The van der Waals surface area contributed by atoms with Crippen LogP contribution in [0.4, 0.5) is 19.3 Å². The summed E-state index contributed by atoms with van der Waals surface area (Å²) in [5.74, 6) is -0.878. The van der Waals surface area contributed by atoms with E-state index in [1.54, 1.807) is 11.0 Å². The summed E-state index contributed by atoms with van der Waals surface area (Å²) in [6, 6.07) is 19.2. The van der Waals surface area contributed by atoms with Crippen LogP contribution in [0.3, 0.4) is 0 Å². The van der Waals surface area contributed by atoms with E-state index in [-0.39, 0.29) is 6.54 Å². The normalized spacial score (nSPS) is 14.7. The maximum absolute atomic E-state index is 14.3. The van der Waals surface area contributed by atoms with Gasteiger partial charge in [0, 0.05) is 18.0 Å². The average molecular weight is 459 g/mol. The number of nitrogens with zero attached hydrogens (tertiary/aromatic N) is 2. The number of carbonyl (C=O) groups is 1. The summed E-state index contributed by atoms with van der Waals surface area (Å²) in [6.45, 7) is 2.16. The molecule has 5 nitrogen and oxygen atoms in total. The molecule has 0 aliphatic carbocycles. The van der Waals surface area contributed by atoms with Crippen LogP contribution < -0.4 is 10.1 Å². The summed E-state index contributed by atoms with van der Waals surface area (Å²) in [5.41, 5.74) is 4.36. The summed E-state index contributed by atoms with van der Waals surface area (Å²) < 4.78 is 36.0. The monoisotopic (exact) mass is 459 g/mol. The fourth-order valence-corrected chi connectivity index (χ4v) is 4.53. The Labute approximate surface area is 196 Å². The number of methoxy groups -OCH3 is 1. The van der Waals surface area contributed by atoms with Crippen molar-refractivity contribution in [1.82, 2.24) is 9.47 Å². The standard InChI is InChI=1S/C27H23F2N3O2/c1-17-9-10-25(34-2)22(12-17)30-27(33)32-16-18-6-3-4-7-23(18)31-11-5-8-24(31)26(32)19-13-20(28)15-21(29)14-19/h3-15,26H,16H2,1-2H3,(H,30,33)/t26-/m0/s1. The van der Waals surface area contributed by atoms with Crippen LogP contribution in [0.25, 0.3) is 5.69 Å². The zero-order valence-corrected chi connectivity index (χ0v) is 18.8. The third-order valence-corrected chi connectivity index (χ3v) is 6.02. The van der Waals surface area contributed by atoms with Gasteiger partial charge >= 0.3 is 6.03 Å². The minimum absolute atomic E-state index is 0.237. The second kappa shape index (κ2) is 8.67. The predicted octanol–water partition coefficient (Wildman–Crippen LogP) is 6.21. The molecule has 5 rings (SSSR count). The van der Waals surface area contributed by atoms with Crippen molar-refractivity contribution in [2.45, 2.75) is 19.5 Å². The Morgan fingerprint density at radius 2 is 1.76 bits per heavy atom. The van der Waals surface area contributed by atoms with Gasteiger partial charge in [0.2, 0.25) is 0 Å². The van der Waals surface area contributed by atoms with Crippen LogP contribution in [-0.4, -0.2) is 22.6 Å². The van der Waals surface area contributed by atoms with Crippen molar-refractivity contribution in [2.75, 3.05) is 12.4 Å². The number of rotatable bonds is 3. The van der Waals surface area contributed by atoms with Crippen molar-refractivity contribution in [1.29, 1.82) is 0 Å². The van der Waals surface area contributed by atoms with Crippen molar-refractivity contribution in [3.8, 4) is 11.4 Å². The first-order chi connectivity index (χ1) is 16.4. The van der Waals surface area contributed by atoms with Crippen molar-refractivity contribution < 1.29 is 18.3 Å². The third-order valence-electron chi connectivity index (χ3n) is 6.02. The SMILES string of the molecule is COc1ccc(C)cc1NC(=O)N1Cc2ccccc2-n2cccc2[C@@H]1c1cc(F)cc(F)c1. The molecule has 1 aliphatic heterocycles. The number of fused-ring (bicyclic) bond motifs is 3. The molecule has 172 valence electrons. The number of halogens is 2. The van der Waals surface area contributed by atoms with Gasteiger partial charge in [-0.15, -0.1) is 0 Å². The van der Waals surface area contributed by atoms with Gasteiger partial charge in [0.05, 0.1) is 31.1 Å². The van der Waals surface area contributed by atoms with Crippen LogP contribution in [0.2, 0.25) is 0 Å². The maximum atomic E-state index is 14.3. The average Bonchev–Trinajstić information content (AvgIpc) is 3.22. The quantitative estimate of drug-likeness (QED) is 0.396. The van der Waals surface area contributed by atoms with Gasteiger partial charge in [-0.2, -0.15) is 0 Å². The van der Waals surface area contributed by atoms with E-state index >= 15 is 0 Å². The van der Waals surface area contributed by atoms with E-state index < -0.39 is 23.7 Å². The van der Waals surface area contributed by atoms with Crippen LogP contribution in [-0.2, 0) is 6.54 Å². The number of carbonyl (C=O) groups excluding carboxylic acids is 1. The Morgan fingerprint density at radius 1 is 1.00 bits per heavy atom. The fraction of sp³-hybridized carbons (Fsp3) is 0.148. The van der Waals surface area contributed by atoms with Gasteiger partial charge in [0.25, 0.3) is 0 Å². The van der Waals surface area contributed by atoms with Crippen molar-refractivity contribution in [2.24, 2.45) is 0 Å². The lowest BCUT2D eigenvalue weighted by Crippen LogP contribution is -2.38. The molecule has 0 saturated carbocycles. The number of ether oxygens (including phenoxy) is 1. The molecule has 1 aliphatic rings. The Kier molecular flexibility index (Phi) is 5.53. The van der Waals surface area contributed by atoms with Gasteiger partial charge in [-0.1, -0.05) is 24.3 Å². The molecule has 0 unspecified atom stereocenters. The van der Waals surface area contributed by atoms with Crippen LogP contribution in [0.5, 0.6) is 5.75 Å². The first-order valence-electron chi connectivity index (χ1n) is 10.9. The minimum Gasteiger partial charge on any atom is -0.495 e. The molecule has 3 aromatic carbocycles. The lowest BCUT2D eigenvalue weighted by molar-refractivity contribution is 0.194. The highest BCUT2D eigenvalue weighted by atomic mass is 19.1. The van der Waals surface area contributed by atoms with Crippen LogP contribution >= 0.6 is 0 Å². The lowest BCUT2D eigenvalue weighted by Gasteiger charge is -2.31. The topological polar surface area (TPSA) is 46.5 Å². The number of anilines is 1. The van der Waals surface area contributed by atoms with Crippen LogP contribution in [0.1, 0.15) is 28.4 Å². The van der Waals surface area contributed by atoms with E-state index in [2.05, 4.69) is 5.32 Å². The molecule has 0 bridgehead atoms. The van der Waals surface area contributed by atoms with Crippen molar-refractivity contribution in [3.63, 3.8) is 0 Å². The number of aryl methyl sites for hydroxylation is 1. The number of hydrogen-bond acceptors (Lipinski definition) is 2. The Hall–Kier alpha value is -4.13. The highest BCUT2D eigenvalue weighted by Crippen LogP contribution is 2.38. The third kappa shape index (κ3) is 3.90. The van der Waals surface area contributed by atoms with Crippen LogP contribution in [0.15, 0.2) is 79.0 Å². The highest BCUT2D eigenvalue weighted by molar-refractivity contribution is 5.92. The van der Waals surface area contributed by atoms with Crippen LogP contribution in [0, 0.1) is 18.6 Å². The van der Waals surface area contributed by atoms with Gasteiger partial charge < -0.3 is 19.5 Å². The lowest BCUT2D eigenvalue weighted by atomic mass is 10.0. The van der Waals surface area contributed by atoms with E-state index in [4.69, 9.17) is 4.74 Å². The summed E-state index contributed by atoms with van der Waals surface area (Å²) >= 11 is 0. The van der Waals surface area contributed by atoms with Crippen molar-refractivity contribution in [3.05, 3.63) is 113 Å². The van der Waals surface area contributed by atoms with Gasteiger partial charge in [0.15, 0.2) is 0 Å². The molecule has 0 spiro atoms. The summed E-state index contributed by atoms with van der Waals surface area (Å²) in [7, 11) is 1.54. The molecule has 0 fully saturated rings. The molecule has 1 atom stereocenters. The zero-order valence-electron chi connectivity index (χ0n) is 18.8. The number of nitrogens with one attached hydrogen (secondary N) is 1. The summed E-state index contributed by atoms with van der Waals surface area (Å²) in [6.07, 6.45) is 1.89. The molecular formula is C27H23F2N3O2. The summed E-state index contributed by atoms with van der Waals surface area (Å²) in [4.78, 5) is 15.3. The van der Waals surface area contributed by atoms with E-state index in [0.717, 1.165) is 28.6 Å². The number of amides is 2.